The third-order valence-corrected chi connectivity index (χ3v) is 7.08. The van der Waals surface area contributed by atoms with Gasteiger partial charge in [-0.15, -0.1) is 0 Å². The maximum absolute atomic E-state index is 12.9. The molecule has 0 bridgehead atoms. The van der Waals surface area contributed by atoms with Gasteiger partial charge in [-0.2, -0.15) is 0 Å². The lowest BCUT2D eigenvalue weighted by Crippen LogP contribution is -2.22. The Balaban J connectivity index is 1.85. The van der Waals surface area contributed by atoms with Gasteiger partial charge in [-0.25, -0.2) is 4.79 Å². The minimum Gasteiger partial charge on any atom is -0.497 e. The van der Waals surface area contributed by atoms with Crippen molar-refractivity contribution in [1.82, 2.24) is 0 Å². The van der Waals surface area contributed by atoms with E-state index in [2.05, 4.69) is 43.1 Å². The molecular formula is C34H40N2O4. The second-order valence-electron chi connectivity index (χ2n) is 11.3. The summed E-state index contributed by atoms with van der Waals surface area (Å²) < 4.78 is 10.8. The first-order valence-electron chi connectivity index (χ1n) is 13.9. The van der Waals surface area contributed by atoms with Gasteiger partial charge in [0.05, 0.1) is 25.1 Å². The lowest BCUT2D eigenvalue weighted by Gasteiger charge is -2.27. The Kier molecular flexibility index (Phi) is 8.98. The van der Waals surface area contributed by atoms with Crippen molar-refractivity contribution in [1.29, 1.82) is 0 Å². The van der Waals surface area contributed by atoms with Crippen molar-refractivity contribution < 1.29 is 19.1 Å². The van der Waals surface area contributed by atoms with Gasteiger partial charge in [0.1, 0.15) is 5.75 Å². The molecule has 40 heavy (non-hydrogen) atoms. The lowest BCUT2D eigenvalue weighted by atomic mass is 9.85. The third kappa shape index (κ3) is 7.12. The zero-order chi connectivity index (χ0) is 28.9. The second kappa shape index (κ2) is 12.4. The Morgan fingerprint density at radius 2 is 1.73 bits per heavy atom. The van der Waals surface area contributed by atoms with Crippen LogP contribution in [-0.4, -0.2) is 32.6 Å². The van der Waals surface area contributed by atoms with E-state index in [0.717, 1.165) is 46.5 Å². The van der Waals surface area contributed by atoms with Crippen LogP contribution in [0, 0.1) is 5.92 Å². The number of esters is 1. The standard InChI is InChI=1S/C34H40N2O4/c1-7-40-31(37)21-29(24-16-18-26(19-17-24)34(2,3)4)28-12-9-13-30(35-33(38)25-14-15-25)32(28)36(5)22-23-10-8-11-27(20-23)39-6/h8-13,16-21,25H,7,14-15,22H2,1-6H3,(H,35,38)/b29-21+. The van der Waals surface area contributed by atoms with Crippen molar-refractivity contribution >= 4 is 28.8 Å². The molecule has 3 aromatic carbocycles. The van der Waals surface area contributed by atoms with Crippen molar-refractivity contribution in [3.63, 3.8) is 0 Å². The van der Waals surface area contributed by atoms with Crippen LogP contribution in [0.2, 0.25) is 0 Å². The molecule has 1 amide bonds. The number of carbonyl (C=O) groups is 2. The number of rotatable bonds is 10. The monoisotopic (exact) mass is 540 g/mol. The normalized spacial score (nSPS) is 13.5. The van der Waals surface area contributed by atoms with Crippen LogP contribution in [0.5, 0.6) is 5.75 Å². The summed E-state index contributed by atoms with van der Waals surface area (Å²) in [7, 11) is 3.65. The van der Waals surface area contributed by atoms with Gasteiger partial charge in [0, 0.05) is 31.1 Å². The SMILES string of the molecule is CCOC(=O)/C=C(\c1ccc(C(C)(C)C)cc1)c1cccc(NC(=O)C2CC2)c1N(C)Cc1cccc(OC)c1. The van der Waals surface area contributed by atoms with E-state index in [0.29, 0.717) is 12.2 Å². The topological polar surface area (TPSA) is 67.9 Å². The van der Waals surface area contributed by atoms with Crippen LogP contribution in [0.1, 0.15) is 62.8 Å². The molecule has 1 saturated carbocycles. The number of hydrogen-bond acceptors (Lipinski definition) is 5. The van der Waals surface area contributed by atoms with Crippen LogP contribution in [0.15, 0.2) is 72.8 Å². The molecule has 1 N–H and O–H groups in total. The van der Waals surface area contributed by atoms with Crippen LogP contribution in [0.25, 0.3) is 5.57 Å². The van der Waals surface area contributed by atoms with E-state index >= 15 is 0 Å². The van der Waals surface area contributed by atoms with Gasteiger partial charge in [-0.1, -0.05) is 69.3 Å². The summed E-state index contributed by atoms with van der Waals surface area (Å²) in [4.78, 5) is 27.8. The van der Waals surface area contributed by atoms with Crippen LogP contribution >= 0.6 is 0 Å². The van der Waals surface area contributed by atoms with Crippen molar-refractivity contribution in [2.45, 2.75) is 52.5 Å². The Morgan fingerprint density at radius 3 is 2.35 bits per heavy atom. The highest BCUT2D eigenvalue weighted by Gasteiger charge is 2.31. The maximum atomic E-state index is 12.9. The molecule has 4 rings (SSSR count). The highest BCUT2D eigenvalue weighted by atomic mass is 16.5. The molecule has 0 atom stereocenters. The number of nitrogens with one attached hydrogen (secondary N) is 1. The Hall–Kier alpha value is -4.06. The smallest absolute Gasteiger partial charge is 0.331 e. The fraction of sp³-hybridized carbons (Fsp3) is 0.353. The van der Waals surface area contributed by atoms with Crippen molar-refractivity contribution in [2.75, 3.05) is 31.0 Å². The molecule has 210 valence electrons. The summed E-state index contributed by atoms with van der Waals surface area (Å²) in [5, 5.41) is 3.17. The molecule has 0 spiro atoms. The number of amides is 1. The second-order valence-corrected chi connectivity index (χ2v) is 11.3. The largest absolute Gasteiger partial charge is 0.497 e. The summed E-state index contributed by atoms with van der Waals surface area (Å²) >= 11 is 0. The number of ether oxygens (including phenoxy) is 2. The van der Waals surface area contributed by atoms with Crippen molar-refractivity contribution in [2.24, 2.45) is 5.92 Å². The summed E-state index contributed by atoms with van der Waals surface area (Å²) in [6.07, 6.45) is 3.38. The van der Waals surface area contributed by atoms with Crippen LogP contribution in [0.3, 0.4) is 0 Å². The molecule has 3 aromatic rings. The van der Waals surface area contributed by atoms with Gasteiger partial charge in [0.2, 0.25) is 5.91 Å². The predicted molar refractivity (Wildman–Crippen MR) is 162 cm³/mol. The first-order valence-corrected chi connectivity index (χ1v) is 13.9. The molecule has 0 unspecified atom stereocenters. The molecule has 0 saturated heterocycles. The average molecular weight is 541 g/mol. The lowest BCUT2D eigenvalue weighted by molar-refractivity contribution is -0.137. The van der Waals surface area contributed by atoms with Crippen LogP contribution < -0.4 is 15.0 Å². The Labute approximate surface area is 238 Å². The maximum Gasteiger partial charge on any atom is 0.331 e. The molecule has 6 heteroatoms. The van der Waals surface area contributed by atoms with E-state index in [1.54, 1.807) is 20.1 Å². The molecule has 1 aliphatic carbocycles. The minimum absolute atomic E-state index is 0.00131. The van der Waals surface area contributed by atoms with Crippen molar-refractivity contribution in [3.05, 3.63) is 95.1 Å². The summed E-state index contributed by atoms with van der Waals surface area (Å²) in [5.74, 6) is 0.452. The minimum atomic E-state index is -0.411. The number of carbonyl (C=O) groups excluding carboxylic acids is 2. The van der Waals surface area contributed by atoms with Gasteiger partial charge < -0.3 is 19.7 Å². The number of hydrogen-bond donors (Lipinski definition) is 1. The zero-order valence-electron chi connectivity index (χ0n) is 24.4. The van der Waals surface area contributed by atoms with E-state index in [1.165, 1.54) is 5.56 Å². The molecule has 0 heterocycles. The van der Waals surface area contributed by atoms with E-state index in [9.17, 15) is 9.59 Å². The highest BCUT2D eigenvalue weighted by molar-refractivity contribution is 6.03. The molecule has 1 fully saturated rings. The average Bonchev–Trinajstić information content (AvgIpc) is 3.77. The highest BCUT2D eigenvalue weighted by Crippen LogP contribution is 2.40. The van der Waals surface area contributed by atoms with Gasteiger partial charge in [-0.05, 0) is 65.6 Å². The Bertz CT molecular complexity index is 1380. The molecule has 0 radical (unpaired) electrons. The molecule has 6 nitrogen and oxygen atoms in total. The number of para-hydroxylation sites is 1. The van der Waals surface area contributed by atoms with E-state index in [4.69, 9.17) is 9.47 Å². The summed E-state index contributed by atoms with van der Waals surface area (Å²) in [6, 6.07) is 22.1. The fourth-order valence-electron chi connectivity index (χ4n) is 4.75. The molecule has 1 aliphatic rings. The quantitative estimate of drug-likeness (QED) is 0.222. The number of anilines is 2. The van der Waals surface area contributed by atoms with Gasteiger partial charge in [-0.3, -0.25) is 4.79 Å². The summed E-state index contributed by atoms with van der Waals surface area (Å²) in [6.45, 7) is 9.17. The van der Waals surface area contributed by atoms with Gasteiger partial charge in [0.25, 0.3) is 0 Å². The number of benzene rings is 3. The van der Waals surface area contributed by atoms with E-state index < -0.39 is 5.97 Å². The predicted octanol–water partition coefficient (Wildman–Crippen LogP) is 6.97. The zero-order valence-corrected chi connectivity index (χ0v) is 24.4. The molecular weight excluding hydrogens is 500 g/mol. The van der Waals surface area contributed by atoms with Crippen LogP contribution in [0.4, 0.5) is 11.4 Å². The van der Waals surface area contributed by atoms with E-state index in [-0.39, 0.29) is 23.8 Å². The Morgan fingerprint density at radius 1 is 1.02 bits per heavy atom. The first-order chi connectivity index (χ1) is 19.1. The number of nitrogens with zero attached hydrogens (tertiary/aromatic N) is 1. The first kappa shape index (κ1) is 28.9. The fourth-order valence-corrected chi connectivity index (χ4v) is 4.75. The van der Waals surface area contributed by atoms with E-state index in [1.807, 2.05) is 61.6 Å². The molecule has 0 aliphatic heterocycles. The summed E-state index contributed by atoms with van der Waals surface area (Å²) in [5.41, 5.74) is 6.25. The van der Waals surface area contributed by atoms with Gasteiger partial charge in [0.15, 0.2) is 0 Å². The molecule has 0 aromatic heterocycles. The van der Waals surface area contributed by atoms with Crippen LogP contribution in [-0.2, 0) is 26.3 Å². The third-order valence-electron chi connectivity index (χ3n) is 7.08. The van der Waals surface area contributed by atoms with Gasteiger partial charge >= 0.3 is 5.97 Å². The van der Waals surface area contributed by atoms with Crippen molar-refractivity contribution in [3.8, 4) is 5.75 Å². The number of methoxy groups -OCH3 is 1.